The molecule has 1 unspecified atom stereocenters. The number of halogens is 2. The summed E-state index contributed by atoms with van der Waals surface area (Å²) in [6, 6.07) is 5.59. The lowest BCUT2D eigenvalue weighted by Crippen LogP contribution is -2.47. The van der Waals surface area contributed by atoms with Crippen LogP contribution in [0.2, 0.25) is 10.0 Å². The Hall–Kier alpha value is -1.89. The van der Waals surface area contributed by atoms with Crippen LogP contribution in [0.25, 0.3) is 0 Å². The molecule has 13 heteroatoms. The number of carbonyl (C=O) groups excluding carboxylic acids is 3. The molecule has 33 heavy (non-hydrogen) atoms. The van der Waals surface area contributed by atoms with Crippen LogP contribution in [0.4, 0.5) is 0 Å². The van der Waals surface area contributed by atoms with E-state index in [4.69, 9.17) is 33.7 Å². The first kappa shape index (κ1) is 25.7. The Balaban J connectivity index is 1.38. The molecule has 0 spiro atoms. The van der Waals surface area contributed by atoms with Crippen molar-refractivity contribution in [1.29, 1.82) is 0 Å². The smallest absolute Gasteiger partial charge is 0.271 e. The first-order valence-electron chi connectivity index (χ1n) is 9.99. The fourth-order valence-corrected chi connectivity index (χ4v) is 4.99. The highest BCUT2D eigenvalue weighted by molar-refractivity contribution is 8.01. The van der Waals surface area contributed by atoms with Crippen molar-refractivity contribution in [3.8, 4) is 0 Å². The van der Waals surface area contributed by atoms with Gasteiger partial charge in [-0.3, -0.25) is 19.3 Å². The topological polar surface area (TPSA) is 127 Å². The van der Waals surface area contributed by atoms with Gasteiger partial charge in [0.05, 0.1) is 35.1 Å². The number of benzene rings is 1. The van der Waals surface area contributed by atoms with Crippen molar-refractivity contribution >= 4 is 64.0 Å². The van der Waals surface area contributed by atoms with E-state index in [0.29, 0.717) is 34.1 Å². The second-order valence-corrected chi connectivity index (χ2v) is 10.1. The van der Waals surface area contributed by atoms with Gasteiger partial charge in [0.15, 0.2) is 4.34 Å². The van der Waals surface area contributed by atoms with E-state index < -0.39 is 11.8 Å². The lowest BCUT2D eigenvalue weighted by Gasteiger charge is -2.33. The van der Waals surface area contributed by atoms with Crippen LogP contribution in [-0.4, -0.2) is 72.2 Å². The van der Waals surface area contributed by atoms with Gasteiger partial charge in [-0.25, -0.2) is 4.98 Å². The number of amides is 3. The van der Waals surface area contributed by atoms with E-state index in [1.165, 1.54) is 23.1 Å². The predicted octanol–water partition coefficient (Wildman–Crippen LogP) is 1.77. The van der Waals surface area contributed by atoms with Gasteiger partial charge in [-0.2, -0.15) is 0 Å². The minimum absolute atomic E-state index is 0.115. The number of thioether (sulfide) groups is 1. The van der Waals surface area contributed by atoms with E-state index >= 15 is 0 Å². The molecule has 1 saturated heterocycles. The Labute approximate surface area is 209 Å². The number of primary amides is 1. The molecule has 3 rings (SSSR count). The van der Waals surface area contributed by atoms with E-state index in [1.807, 2.05) is 12.1 Å². The number of carbonyl (C=O) groups is 3. The molecule has 0 radical (unpaired) electrons. The SMILES string of the molecule is NC(=O)CNC(=O)c1csc(SCC(=O)NCC2CN(Cc3ccc(Cl)c(Cl)c3)CCO2)n1. The summed E-state index contributed by atoms with van der Waals surface area (Å²) in [6.45, 7) is 2.92. The number of nitrogens with two attached hydrogens (primary N) is 1. The Bertz CT molecular complexity index is 1010. The molecule has 1 atom stereocenters. The van der Waals surface area contributed by atoms with Crippen LogP contribution in [0.3, 0.4) is 0 Å². The zero-order valence-corrected chi connectivity index (χ0v) is 20.7. The number of hydrogen-bond acceptors (Lipinski definition) is 8. The highest BCUT2D eigenvalue weighted by atomic mass is 35.5. The standard InChI is InChI=1S/C20H23Cl2N5O4S2/c21-14-2-1-12(5-15(14)22)8-27-3-4-31-13(9-27)6-24-18(29)11-33-20-26-16(10-32-20)19(30)25-7-17(23)28/h1-2,5,10,13H,3-4,6-9,11H2,(H2,23,28)(H,24,29)(H,25,30). The third-order valence-corrected chi connectivity index (χ3v) is 7.37. The molecule has 2 aromatic rings. The van der Waals surface area contributed by atoms with Crippen LogP contribution < -0.4 is 16.4 Å². The fourth-order valence-electron chi connectivity index (χ4n) is 3.04. The van der Waals surface area contributed by atoms with Crippen molar-refractivity contribution < 1.29 is 19.1 Å². The number of nitrogens with one attached hydrogen (secondary N) is 2. The van der Waals surface area contributed by atoms with Crippen molar-refractivity contribution in [2.45, 2.75) is 17.0 Å². The van der Waals surface area contributed by atoms with Crippen LogP contribution in [0.5, 0.6) is 0 Å². The van der Waals surface area contributed by atoms with E-state index in [0.717, 1.165) is 18.7 Å². The first-order chi connectivity index (χ1) is 15.8. The van der Waals surface area contributed by atoms with Gasteiger partial charge < -0.3 is 21.1 Å². The molecule has 1 aliphatic rings. The third kappa shape index (κ3) is 8.43. The second kappa shape index (κ2) is 12.5. The number of aromatic nitrogens is 1. The molecule has 3 amide bonds. The maximum Gasteiger partial charge on any atom is 0.271 e. The van der Waals surface area contributed by atoms with Crippen LogP contribution in [0.1, 0.15) is 16.1 Å². The summed E-state index contributed by atoms with van der Waals surface area (Å²) in [5.74, 6) is -1.11. The van der Waals surface area contributed by atoms with Crippen molar-refractivity contribution in [2.75, 3.05) is 38.5 Å². The van der Waals surface area contributed by atoms with E-state index in [9.17, 15) is 14.4 Å². The summed E-state index contributed by atoms with van der Waals surface area (Å²) in [5, 5.41) is 7.87. The van der Waals surface area contributed by atoms with Gasteiger partial charge in [0.25, 0.3) is 5.91 Å². The molecule has 0 saturated carbocycles. The Morgan fingerprint density at radius 2 is 2.09 bits per heavy atom. The van der Waals surface area contributed by atoms with E-state index in [2.05, 4.69) is 20.5 Å². The highest BCUT2D eigenvalue weighted by Gasteiger charge is 2.21. The Morgan fingerprint density at radius 1 is 1.27 bits per heavy atom. The number of nitrogens with zero attached hydrogens (tertiary/aromatic N) is 2. The lowest BCUT2D eigenvalue weighted by atomic mass is 10.2. The van der Waals surface area contributed by atoms with Crippen molar-refractivity contribution in [1.82, 2.24) is 20.5 Å². The van der Waals surface area contributed by atoms with Gasteiger partial charge in [-0.05, 0) is 17.7 Å². The van der Waals surface area contributed by atoms with Crippen molar-refractivity contribution in [2.24, 2.45) is 5.73 Å². The van der Waals surface area contributed by atoms with Crippen molar-refractivity contribution in [3.63, 3.8) is 0 Å². The molecule has 178 valence electrons. The molecule has 4 N–H and O–H groups in total. The van der Waals surface area contributed by atoms with Gasteiger partial charge in [-0.1, -0.05) is 41.0 Å². The number of hydrogen-bond donors (Lipinski definition) is 3. The number of rotatable bonds is 10. The summed E-state index contributed by atoms with van der Waals surface area (Å²) in [7, 11) is 0. The fraction of sp³-hybridized carbons (Fsp3) is 0.400. The minimum Gasteiger partial charge on any atom is -0.374 e. The van der Waals surface area contributed by atoms with Crippen molar-refractivity contribution in [3.05, 3.63) is 44.9 Å². The van der Waals surface area contributed by atoms with Gasteiger partial charge in [0.1, 0.15) is 5.69 Å². The monoisotopic (exact) mass is 531 g/mol. The molecule has 1 fully saturated rings. The van der Waals surface area contributed by atoms with Crippen LogP contribution in [0, 0.1) is 0 Å². The Morgan fingerprint density at radius 3 is 2.85 bits per heavy atom. The maximum absolute atomic E-state index is 12.2. The zero-order chi connectivity index (χ0) is 23.8. The normalized spacial score (nSPS) is 16.4. The quantitative estimate of drug-likeness (QED) is 0.398. The third-order valence-electron chi connectivity index (χ3n) is 4.61. The molecule has 9 nitrogen and oxygen atoms in total. The maximum atomic E-state index is 12.2. The molecule has 1 aromatic carbocycles. The number of thiazole rings is 1. The van der Waals surface area contributed by atoms with Gasteiger partial charge in [-0.15, -0.1) is 11.3 Å². The molecule has 1 aliphatic heterocycles. The molecule has 1 aromatic heterocycles. The largest absolute Gasteiger partial charge is 0.374 e. The highest BCUT2D eigenvalue weighted by Crippen LogP contribution is 2.24. The van der Waals surface area contributed by atoms with Crippen LogP contribution >= 0.6 is 46.3 Å². The zero-order valence-electron chi connectivity index (χ0n) is 17.5. The van der Waals surface area contributed by atoms with Gasteiger partial charge in [0.2, 0.25) is 11.8 Å². The molecular formula is C20H23Cl2N5O4S2. The molecular weight excluding hydrogens is 509 g/mol. The van der Waals surface area contributed by atoms with E-state index in [-0.39, 0.29) is 30.0 Å². The van der Waals surface area contributed by atoms with Gasteiger partial charge in [0, 0.05) is 31.6 Å². The van der Waals surface area contributed by atoms with E-state index in [1.54, 1.807) is 11.4 Å². The summed E-state index contributed by atoms with van der Waals surface area (Å²) in [6.07, 6.45) is -0.115. The predicted molar refractivity (Wildman–Crippen MR) is 129 cm³/mol. The average molecular weight is 532 g/mol. The lowest BCUT2D eigenvalue weighted by molar-refractivity contribution is -0.120. The Kier molecular flexibility index (Phi) is 9.78. The molecule has 0 bridgehead atoms. The number of ether oxygens (including phenoxy) is 1. The summed E-state index contributed by atoms with van der Waals surface area (Å²) in [5.41, 5.74) is 6.25. The summed E-state index contributed by atoms with van der Waals surface area (Å²) < 4.78 is 6.35. The minimum atomic E-state index is -0.635. The average Bonchev–Trinajstić information content (AvgIpc) is 3.26. The van der Waals surface area contributed by atoms with Crippen LogP contribution in [0.15, 0.2) is 27.9 Å². The molecule has 0 aliphatic carbocycles. The molecule has 2 heterocycles. The second-order valence-electron chi connectivity index (χ2n) is 7.22. The summed E-state index contributed by atoms with van der Waals surface area (Å²) in [4.78, 5) is 41.2. The summed E-state index contributed by atoms with van der Waals surface area (Å²) >= 11 is 14.6. The number of morpholine rings is 1. The van der Waals surface area contributed by atoms with Crippen LogP contribution in [-0.2, 0) is 20.9 Å². The van der Waals surface area contributed by atoms with Gasteiger partial charge >= 0.3 is 0 Å². The first-order valence-corrected chi connectivity index (χ1v) is 12.6.